The molecule has 1 rings (SSSR count). The highest BCUT2D eigenvalue weighted by atomic mass is 32.2. The summed E-state index contributed by atoms with van der Waals surface area (Å²) in [6, 6.07) is -0.685. The van der Waals surface area contributed by atoms with Gasteiger partial charge in [-0.15, -0.1) is 0 Å². The second-order valence-corrected chi connectivity index (χ2v) is 6.22. The third-order valence-electron chi connectivity index (χ3n) is 3.22. The zero-order valence-electron chi connectivity index (χ0n) is 10.8. The zero-order valence-corrected chi connectivity index (χ0v) is 11.7. The fraction of sp³-hybridized carbons (Fsp3) is 0.900. The smallest absolute Gasteiger partial charge is 0.280 e. The van der Waals surface area contributed by atoms with Gasteiger partial charge in [0.25, 0.3) is 10.2 Å². The van der Waals surface area contributed by atoms with Crippen LogP contribution < -0.4 is 10.5 Å². The quantitative estimate of drug-likeness (QED) is 0.289. The third kappa shape index (κ3) is 3.56. The van der Waals surface area contributed by atoms with Crippen LogP contribution in [0, 0.1) is 0 Å². The van der Waals surface area contributed by atoms with Gasteiger partial charge >= 0.3 is 0 Å². The Labute approximate surface area is 108 Å². The number of oxime groups is 1. The minimum Gasteiger partial charge on any atom is -0.409 e. The highest BCUT2D eigenvalue weighted by Gasteiger charge is 2.31. The number of hydrogen-bond donors (Lipinski definition) is 3. The minimum absolute atomic E-state index is 0.0129. The van der Waals surface area contributed by atoms with Crippen molar-refractivity contribution in [3.63, 3.8) is 0 Å². The molecule has 1 fully saturated rings. The van der Waals surface area contributed by atoms with Gasteiger partial charge in [0.15, 0.2) is 5.84 Å². The summed E-state index contributed by atoms with van der Waals surface area (Å²) in [7, 11) is -3.59. The van der Waals surface area contributed by atoms with Crippen LogP contribution in [-0.4, -0.2) is 42.4 Å². The standard InChI is InChI=1S/C10H22N4O3S/c1-3-9(10(11)12-15)13-18(16,17)14-7-5-4-6-8(14)2/h8-9,13,15H,3-7H2,1-2H3,(H2,11,12). The second-order valence-electron chi connectivity index (χ2n) is 4.56. The topological polar surface area (TPSA) is 108 Å². The van der Waals surface area contributed by atoms with Crippen molar-refractivity contribution in [2.45, 2.75) is 51.6 Å². The molecule has 2 unspecified atom stereocenters. The molecule has 4 N–H and O–H groups in total. The maximum Gasteiger partial charge on any atom is 0.280 e. The summed E-state index contributed by atoms with van der Waals surface area (Å²) in [4.78, 5) is 0. The van der Waals surface area contributed by atoms with Crippen LogP contribution in [0.5, 0.6) is 0 Å². The first-order valence-electron chi connectivity index (χ1n) is 6.19. The highest BCUT2D eigenvalue weighted by molar-refractivity contribution is 7.87. The van der Waals surface area contributed by atoms with Gasteiger partial charge in [-0.25, -0.2) is 0 Å². The first kappa shape index (κ1) is 15.2. The molecule has 0 aromatic carbocycles. The van der Waals surface area contributed by atoms with Crippen LogP contribution >= 0.6 is 0 Å². The molecule has 0 radical (unpaired) electrons. The van der Waals surface area contributed by atoms with Crippen molar-refractivity contribution in [2.24, 2.45) is 10.9 Å². The molecule has 1 aliphatic rings. The summed E-state index contributed by atoms with van der Waals surface area (Å²) in [5.74, 6) is -0.120. The lowest BCUT2D eigenvalue weighted by Gasteiger charge is -2.33. The number of nitrogens with zero attached hydrogens (tertiary/aromatic N) is 2. The van der Waals surface area contributed by atoms with E-state index in [1.807, 2.05) is 6.92 Å². The van der Waals surface area contributed by atoms with E-state index >= 15 is 0 Å². The van der Waals surface area contributed by atoms with Gasteiger partial charge < -0.3 is 10.9 Å². The van der Waals surface area contributed by atoms with E-state index in [0.29, 0.717) is 13.0 Å². The average Bonchev–Trinajstić information content (AvgIpc) is 2.35. The zero-order chi connectivity index (χ0) is 13.8. The van der Waals surface area contributed by atoms with Gasteiger partial charge in [-0.3, -0.25) is 0 Å². The van der Waals surface area contributed by atoms with E-state index in [-0.39, 0.29) is 11.9 Å². The van der Waals surface area contributed by atoms with E-state index in [4.69, 9.17) is 10.9 Å². The van der Waals surface area contributed by atoms with E-state index in [9.17, 15) is 8.42 Å². The van der Waals surface area contributed by atoms with Crippen LogP contribution in [-0.2, 0) is 10.2 Å². The van der Waals surface area contributed by atoms with Gasteiger partial charge in [0.05, 0.1) is 6.04 Å². The lowest BCUT2D eigenvalue weighted by molar-refractivity contribution is 0.264. The molecule has 18 heavy (non-hydrogen) atoms. The summed E-state index contributed by atoms with van der Waals surface area (Å²) in [5.41, 5.74) is 5.45. The van der Waals surface area contributed by atoms with Crippen LogP contribution in [0.1, 0.15) is 39.5 Å². The first-order chi connectivity index (χ1) is 8.42. The molecule has 1 aliphatic heterocycles. The van der Waals surface area contributed by atoms with Crippen LogP contribution in [0.15, 0.2) is 5.16 Å². The number of piperidine rings is 1. The Morgan fingerprint density at radius 1 is 1.61 bits per heavy atom. The van der Waals surface area contributed by atoms with Crippen LogP contribution in [0.2, 0.25) is 0 Å². The summed E-state index contributed by atoms with van der Waals surface area (Å²) >= 11 is 0. The number of nitrogens with one attached hydrogen (secondary N) is 1. The van der Waals surface area contributed by atoms with Gasteiger partial charge in [0.2, 0.25) is 0 Å². The Morgan fingerprint density at radius 2 is 2.28 bits per heavy atom. The molecule has 0 spiro atoms. The van der Waals surface area contributed by atoms with E-state index in [1.54, 1.807) is 6.92 Å². The van der Waals surface area contributed by atoms with Crippen molar-refractivity contribution in [3.05, 3.63) is 0 Å². The largest absolute Gasteiger partial charge is 0.409 e. The molecule has 1 heterocycles. The number of amidine groups is 1. The molecule has 1 saturated heterocycles. The molecule has 0 aliphatic carbocycles. The summed E-state index contributed by atoms with van der Waals surface area (Å²) in [5, 5.41) is 11.5. The SMILES string of the molecule is CCC(NS(=O)(=O)N1CCCCC1C)/C(N)=N/O. The van der Waals surface area contributed by atoms with Gasteiger partial charge in [-0.2, -0.15) is 17.4 Å². The average molecular weight is 278 g/mol. The maximum absolute atomic E-state index is 12.2. The van der Waals surface area contributed by atoms with Crippen molar-refractivity contribution < 1.29 is 13.6 Å². The highest BCUT2D eigenvalue weighted by Crippen LogP contribution is 2.19. The van der Waals surface area contributed by atoms with Gasteiger partial charge in [-0.1, -0.05) is 18.5 Å². The molecule has 0 aromatic heterocycles. The first-order valence-corrected chi connectivity index (χ1v) is 7.63. The van der Waals surface area contributed by atoms with Gasteiger partial charge in [-0.05, 0) is 26.2 Å². The summed E-state index contributed by atoms with van der Waals surface area (Å²) < 4.78 is 28.3. The molecule has 7 nitrogen and oxygen atoms in total. The monoisotopic (exact) mass is 278 g/mol. The van der Waals surface area contributed by atoms with Crippen molar-refractivity contribution >= 4 is 16.0 Å². The molecule has 106 valence electrons. The number of hydrogen-bond acceptors (Lipinski definition) is 4. The van der Waals surface area contributed by atoms with Crippen LogP contribution in [0.25, 0.3) is 0 Å². The number of rotatable bonds is 5. The molecule has 0 amide bonds. The Bertz CT molecular complexity index is 396. The molecule has 0 bridgehead atoms. The Kier molecular flexibility index (Phi) is 5.36. The predicted molar refractivity (Wildman–Crippen MR) is 69.6 cm³/mol. The lowest BCUT2D eigenvalue weighted by Crippen LogP contribution is -2.53. The number of nitrogens with two attached hydrogens (primary N) is 1. The van der Waals surface area contributed by atoms with E-state index in [1.165, 1.54) is 4.31 Å². The van der Waals surface area contributed by atoms with Crippen molar-refractivity contribution in [2.75, 3.05) is 6.54 Å². The maximum atomic E-state index is 12.2. The fourth-order valence-corrected chi connectivity index (χ4v) is 3.83. The molecule has 2 atom stereocenters. The minimum atomic E-state index is -3.59. The molecular formula is C10H22N4O3S. The van der Waals surface area contributed by atoms with Gasteiger partial charge in [0, 0.05) is 12.6 Å². The summed E-state index contributed by atoms with van der Waals surface area (Å²) in [6.07, 6.45) is 3.20. The molecule has 8 heteroatoms. The van der Waals surface area contributed by atoms with Crippen molar-refractivity contribution in [3.8, 4) is 0 Å². The van der Waals surface area contributed by atoms with Gasteiger partial charge in [0.1, 0.15) is 0 Å². The molecule has 0 aromatic rings. The van der Waals surface area contributed by atoms with E-state index in [2.05, 4.69) is 9.88 Å². The predicted octanol–water partition coefficient (Wildman–Crippen LogP) is 0.220. The van der Waals surface area contributed by atoms with E-state index in [0.717, 1.165) is 19.3 Å². The lowest BCUT2D eigenvalue weighted by atomic mass is 10.1. The third-order valence-corrected chi connectivity index (χ3v) is 4.96. The normalized spacial score (nSPS) is 25.0. The Hall–Kier alpha value is -0.860. The fourth-order valence-electron chi connectivity index (χ4n) is 2.10. The second kappa shape index (κ2) is 6.35. The summed E-state index contributed by atoms with van der Waals surface area (Å²) in [6.45, 7) is 4.18. The van der Waals surface area contributed by atoms with Crippen molar-refractivity contribution in [1.82, 2.24) is 9.03 Å². The van der Waals surface area contributed by atoms with Crippen molar-refractivity contribution in [1.29, 1.82) is 0 Å². The van der Waals surface area contributed by atoms with Crippen LogP contribution in [0.3, 0.4) is 0 Å². The molecule has 0 saturated carbocycles. The Balaban J connectivity index is 2.79. The molecular weight excluding hydrogens is 256 g/mol. The van der Waals surface area contributed by atoms with Crippen LogP contribution in [0.4, 0.5) is 0 Å². The Morgan fingerprint density at radius 3 is 2.78 bits per heavy atom. The van der Waals surface area contributed by atoms with E-state index < -0.39 is 16.3 Å².